The third-order valence-electron chi connectivity index (χ3n) is 2.24. The highest BCUT2D eigenvalue weighted by Gasteiger charge is 2.17. The van der Waals surface area contributed by atoms with E-state index in [4.69, 9.17) is 10.5 Å². The number of fused-ring (bicyclic) bond motifs is 1. The normalized spacial score (nSPS) is 10.8. The summed E-state index contributed by atoms with van der Waals surface area (Å²) in [7, 11) is 1.72. The third-order valence-corrected chi connectivity index (χ3v) is 3.31. The van der Waals surface area contributed by atoms with Gasteiger partial charge in [0.25, 0.3) is 0 Å². The van der Waals surface area contributed by atoms with Crippen LogP contribution >= 0.6 is 11.3 Å². The van der Waals surface area contributed by atoms with E-state index in [1.165, 1.54) is 11.3 Å². The highest BCUT2D eigenvalue weighted by atomic mass is 32.1. The predicted octanol–water partition coefficient (Wildman–Crippen LogP) is 0.937. The first-order valence-electron chi connectivity index (χ1n) is 4.27. The second-order valence-corrected chi connectivity index (χ2v) is 4.12. The Balaban J connectivity index is 2.84. The van der Waals surface area contributed by atoms with Gasteiger partial charge in [0.2, 0.25) is 0 Å². The Labute approximate surface area is 89.5 Å². The molecule has 0 amide bonds. The minimum atomic E-state index is -0.118. The standard InChI is InChI=1S/C9H9N3O2S/c1-12-6(3-13)5(2-10)8-9(12)11-7(4-14)15-8/h2-3,10,14H,4H2,1H3. The Bertz CT molecular complexity index is 541. The molecule has 2 N–H and O–H groups in total. The second kappa shape index (κ2) is 3.56. The van der Waals surface area contributed by atoms with Crippen molar-refractivity contribution in [3.05, 3.63) is 16.3 Å². The molecule has 2 rings (SSSR count). The number of hydrogen-bond acceptors (Lipinski definition) is 5. The van der Waals surface area contributed by atoms with Gasteiger partial charge in [0, 0.05) is 18.8 Å². The molecule has 0 aliphatic heterocycles. The Hall–Kier alpha value is -1.53. The van der Waals surface area contributed by atoms with E-state index in [0.29, 0.717) is 28.2 Å². The van der Waals surface area contributed by atoms with Crippen LogP contribution in [0.5, 0.6) is 0 Å². The van der Waals surface area contributed by atoms with Gasteiger partial charge in [-0.1, -0.05) is 0 Å². The van der Waals surface area contributed by atoms with Crippen molar-refractivity contribution in [1.82, 2.24) is 9.55 Å². The minimum Gasteiger partial charge on any atom is -0.389 e. The molecule has 0 aromatic carbocycles. The minimum absolute atomic E-state index is 0.118. The van der Waals surface area contributed by atoms with Crippen LogP contribution in [0, 0.1) is 5.41 Å². The van der Waals surface area contributed by atoms with Gasteiger partial charge < -0.3 is 15.1 Å². The van der Waals surface area contributed by atoms with Gasteiger partial charge >= 0.3 is 0 Å². The van der Waals surface area contributed by atoms with Gasteiger partial charge in [-0.05, 0) is 0 Å². The summed E-state index contributed by atoms with van der Waals surface area (Å²) in [4.78, 5) is 15.0. The average Bonchev–Trinajstić information content (AvgIpc) is 2.76. The molecule has 0 bridgehead atoms. The molecule has 0 aliphatic carbocycles. The number of aliphatic hydroxyl groups excluding tert-OH is 1. The highest BCUT2D eigenvalue weighted by molar-refractivity contribution is 7.19. The first-order chi connectivity index (χ1) is 7.22. The molecule has 2 aromatic rings. The zero-order valence-electron chi connectivity index (χ0n) is 8.02. The van der Waals surface area contributed by atoms with E-state index in [1.54, 1.807) is 11.6 Å². The maximum absolute atomic E-state index is 10.8. The number of hydrogen-bond donors (Lipinski definition) is 2. The number of thiazole rings is 1. The maximum atomic E-state index is 10.8. The van der Waals surface area contributed by atoms with Crippen LogP contribution in [-0.2, 0) is 13.7 Å². The van der Waals surface area contributed by atoms with E-state index >= 15 is 0 Å². The molecule has 15 heavy (non-hydrogen) atoms. The van der Waals surface area contributed by atoms with Crippen molar-refractivity contribution in [1.29, 1.82) is 5.41 Å². The van der Waals surface area contributed by atoms with E-state index in [-0.39, 0.29) is 6.61 Å². The maximum Gasteiger partial charge on any atom is 0.167 e. The molecular formula is C9H9N3O2S. The molecule has 0 spiro atoms. The van der Waals surface area contributed by atoms with Crippen LogP contribution in [0.3, 0.4) is 0 Å². The molecule has 0 saturated carbocycles. The highest BCUT2D eigenvalue weighted by Crippen LogP contribution is 2.28. The van der Waals surface area contributed by atoms with E-state index in [9.17, 15) is 4.79 Å². The molecule has 6 heteroatoms. The van der Waals surface area contributed by atoms with Crippen molar-refractivity contribution >= 4 is 34.2 Å². The third kappa shape index (κ3) is 1.30. The fraction of sp³-hybridized carbons (Fsp3) is 0.222. The van der Waals surface area contributed by atoms with Crippen molar-refractivity contribution in [2.24, 2.45) is 7.05 Å². The Morgan fingerprint density at radius 1 is 1.67 bits per heavy atom. The van der Waals surface area contributed by atoms with E-state index < -0.39 is 0 Å². The lowest BCUT2D eigenvalue weighted by atomic mass is 10.3. The smallest absolute Gasteiger partial charge is 0.167 e. The number of aromatic nitrogens is 2. The number of carbonyl (C=O) groups excluding carboxylic acids is 1. The van der Waals surface area contributed by atoms with Crippen molar-refractivity contribution in [3.8, 4) is 0 Å². The van der Waals surface area contributed by atoms with E-state index in [0.717, 1.165) is 10.9 Å². The Morgan fingerprint density at radius 3 is 2.93 bits per heavy atom. The van der Waals surface area contributed by atoms with Crippen LogP contribution in [-0.4, -0.2) is 27.2 Å². The summed E-state index contributed by atoms with van der Waals surface area (Å²) in [6.45, 7) is -0.118. The number of rotatable bonds is 3. The molecule has 0 aliphatic rings. The zero-order valence-corrected chi connectivity index (χ0v) is 8.84. The van der Waals surface area contributed by atoms with Crippen LogP contribution in [0.2, 0.25) is 0 Å². The van der Waals surface area contributed by atoms with Crippen LogP contribution in [0.4, 0.5) is 0 Å². The van der Waals surface area contributed by atoms with Gasteiger partial charge in [-0.15, -0.1) is 11.3 Å². The predicted molar refractivity (Wildman–Crippen MR) is 57.8 cm³/mol. The summed E-state index contributed by atoms with van der Waals surface area (Å²) in [6.07, 6.45) is 1.86. The molecule has 0 saturated heterocycles. The lowest BCUT2D eigenvalue weighted by Crippen LogP contribution is -1.98. The summed E-state index contributed by atoms with van der Waals surface area (Å²) in [5.74, 6) is 0. The summed E-state index contributed by atoms with van der Waals surface area (Å²) in [5, 5.41) is 16.8. The molecule has 78 valence electrons. The second-order valence-electron chi connectivity index (χ2n) is 3.04. The SMILES string of the molecule is Cn1c(C=O)c(C=N)c2sc(CO)nc21. The van der Waals surface area contributed by atoms with E-state index in [2.05, 4.69) is 4.98 Å². The lowest BCUT2D eigenvalue weighted by molar-refractivity contribution is 0.111. The van der Waals surface area contributed by atoms with Crippen molar-refractivity contribution < 1.29 is 9.90 Å². The molecule has 2 heterocycles. The fourth-order valence-corrected chi connectivity index (χ4v) is 2.50. The number of nitrogens with one attached hydrogen (secondary N) is 1. The Kier molecular flexibility index (Phi) is 2.37. The molecule has 0 unspecified atom stereocenters. The number of aldehydes is 1. The van der Waals surface area contributed by atoms with Crippen LogP contribution in [0.1, 0.15) is 21.1 Å². The first-order valence-corrected chi connectivity index (χ1v) is 5.09. The quantitative estimate of drug-likeness (QED) is 0.600. The van der Waals surface area contributed by atoms with Gasteiger partial charge in [0.15, 0.2) is 11.9 Å². The van der Waals surface area contributed by atoms with Crippen molar-refractivity contribution in [3.63, 3.8) is 0 Å². The summed E-state index contributed by atoms with van der Waals surface area (Å²) < 4.78 is 2.41. The number of aryl methyl sites for hydroxylation is 1. The van der Waals surface area contributed by atoms with Gasteiger partial charge in [-0.25, -0.2) is 4.98 Å². The molecular weight excluding hydrogens is 214 g/mol. The number of carbonyl (C=O) groups is 1. The fourth-order valence-electron chi connectivity index (χ4n) is 1.52. The number of aliphatic hydroxyl groups is 1. The van der Waals surface area contributed by atoms with Gasteiger partial charge in [-0.3, -0.25) is 4.79 Å². The van der Waals surface area contributed by atoms with Gasteiger partial charge in [0.05, 0.1) is 17.0 Å². The first kappa shape index (κ1) is 10.0. The van der Waals surface area contributed by atoms with Gasteiger partial charge in [0.1, 0.15) is 5.01 Å². The van der Waals surface area contributed by atoms with Crippen molar-refractivity contribution in [2.45, 2.75) is 6.61 Å². The molecule has 0 fully saturated rings. The number of nitrogens with zero attached hydrogens (tertiary/aromatic N) is 2. The average molecular weight is 223 g/mol. The molecule has 0 radical (unpaired) electrons. The van der Waals surface area contributed by atoms with E-state index in [1.807, 2.05) is 0 Å². The molecule has 5 nitrogen and oxygen atoms in total. The summed E-state index contributed by atoms with van der Waals surface area (Å²) >= 11 is 1.31. The largest absolute Gasteiger partial charge is 0.389 e. The topological polar surface area (TPSA) is 79.0 Å². The van der Waals surface area contributed by atoms with Crippen molar-refractivity contribution in [2.75, 3.05) is 0 Å². The summed E-state index contributed by atoms with van der Waals surface area (Å²) in [6, 6.07) is 0. The van der Waals surface area contributed by atoms with Gasteiger partial charge in [-0.2, -0.15) is 0 Å². The molecule has 2 aromatic heterocycles. The monoisotopic (exact) mass is 223 g/mol. The van der Waals surface area contributed by atoms with Crippen LogP contribution in [0.25, 0.3) is 10.3 Å². The molecule has 0 atom stereocenters. The lowest BCUT2D eigenvalue weighted by Gasteiger charge is -1.95. The van der Waals surface area contributed by atoms with Crippen LogP contribution < -0.4 is 0 Å². The Morgan fingerprint density at radius 2 is 2.40 bits per heavy atom. The summed E-state index contributed by atoms with van der Waals surface area (Å²) in [5.41, 5.74) is 1.66. The zero-order chi connectivity index (χ0) is 11.0. The van der Waals surface area contributed by atoms with Crippen LogP contribution in [0.15, 0.2) is 0 Å².